The second-order valence-electron chi connectivity index (χ2n) is 4.00. The second kappa shape index (κ2) is 6.54. The van der Waals surface area contributed by atoms with E-state index in [1.807, 2.05) is 6.92 Å². The minimum absolute atomic E-state index is 0.0852. The maximum Gasteiger partial charge on any atom is 0.216 e. The van der Waals surface area contributed by atoms with Gasteiger partial charge in [-0.15, -0.1) is 0 Å². The summed E-state index contributed by atoms with van der Waals surface area (Å²) < 4.78 is 30.7. The molecule has 96 valence electrons. The lowest BCUT2D eigenvalue weighted by Crippen LogP contribution is -2.37. The first-order valence-electron chi connectivity index (χ1n) is 5.89. The molecule has 6 heteroatoms. The molecule has 0 atom stereocenters. The van der Waals surface area contributed by atoms with Crippen LogP contribution >= 0.6 is 0 Å². The van der Waals surface area contributed by atoms with Crippen molar-refractivity contribution < 1.29 is 13.2 Å². The third-order valence-electron chi connectivity index (χ3n) is 2.58. The molecule has 0 bridgehead atoms. The number of rotatable bonds is 9. The van der Waals surface area contributed by atoms with Crippen molar-refractivity contribution in [3.05, 3.63) is 0 Å². The molecule has 0 aromatic rings. The molecule has 2 N–H and O–H groups in total. The third-order valence-corrected chi connectivity index (χ3v) is 4.46. The zero-order valence-electron chi connectivity index (χ0n) is 9.89. The fourth-order valence-corrected chi connectivity index (χ4v) is 3.22. The van der Waals surface area contributed by atoms with Crippen molar-refractivity contribution in [3.8, 4) is 0 Å². The van der Waals surface area contributed by atoms with E-state index in [1.54, 1.807) is 4.31 Å². The highest BCUT2D eigenvalue weighted by molar-refractivity contribution is 7.89. The highest BCUT2D eigenvalue weighted by Gasteiger charge is 2.36. The van der Waals surface area contributed by atoms with Gasteiger partial charge in [-0.05, 0) is 32.7 Å². The van der Waals surface area contributed by atoms with Crippen molar-refractivity contribution in [1.29, 1.82) is 0 Å². The standard InChI is InChI=1S/C10H22N2O3S/c1-2-15-8-9-16(13,14)12(7-3-6-11)10-4-5-10/h10H,2-9,11H2,1H3. The van der Waals surface area contributed by atoms with Crippen LogP contribution in [0.5, 0.6) is 0 Å². The molecule has 0 unspecified atom stereocenters. The van der Waals surface area contributed by atoms with Gasteiger partial charge in [-0.1, -0.05) is 0 Å². The molecule has 0 aromatic heterocycles. The zero-order valence-corrected chi connectivity index (χ0v) is 10.7. The van der Waals surface area contributed by atoms with Gasteiger partial charge < -0.3 is 10.5 Å². The molecule has 1 fully saturated rings. The summed E-state index contributed by atoms with van der Waals surface area (Å²) in [5, 5.41) is 0. The van der Waals surface area contributed by atoms with Gasteiger partial charge in [0, 0.05) is 19.2 Å². The predicted molar refractivity (Wildman–Crippen MR) is 63.7 cm³/mol. The largest absolute Gasteiger partial charge is 0.381 e. The summed E-state index contributed by atoms with van der Waals surface area (Å²) in [5.41, 5.74) is 5.42. The van der Waals surface area contributed by atoms with Crippen molar-refractivity contribution in [2.24, 2.45) is 5.73 Å². The highest BCUT2D eigenvalue weighted by atomic mass is 32.2. The Morgan fingerprint density at radius 1 is 1.44 bits per heavy atom. The van der Waals surface area contributed by atoms with E-state index < -0.39 is 10.0 Å². The monoisotopic (exact) mass is 250 g/mol. The number of hydrogen-bond acceptors (Lipinski definition) is 4. The Bertz CT molecular complexity index is 288. The lowest BCUT2D eigenvalue weighted by atomic mass is 10.4. The highest BCUT2D eigenvalue weighted by Crippen LogP contribution is 2.29. The van der Waals surface area contributed by atoms with Crippen molar-refractivity contribution >= 4 is 10.0 Å². The molecule has 0 spiro atoms. The van der Waals surface area contributed by atoms with E-state index in [-0.39, 0.29) is 18.4 Å². The minimum Gasteiger partial charge on any atom is -0.381 e. The summed E-state index contributed by atoms with van der Waals surface area (Å²) in [4.78, 5) is 0. The first-order valence-corrected chi connectivity index (χ1v) is 7.50. The van der Waals surface area contributed by atoms with E-state index in [0.717, 1.165) is 19.3 Å². The summed E-state index contributed by atoms with van der Waals surface area (Å²) in [6.45, 7) is 3.78. The topological polar surface area (TPSA) is 72.6 Å². The molecule has 1 saturated carbocycles. The Morgan fingerprint density at radius 3 is 2.62 bits per heavy atom. The minimum atomic E-state index is -3.15. The van der Waals surface area contributed by atoms with Crippen LogP contribution in [0.15, 0.2) is 0 Å². The Kier molecular flexibility index (Phi) is 5.68. The number of sulfonamides is 1. The lowest BCUT2D eigenvalue weighted by molar-refractivity contribution is 0.162. The number of nitrogens with zero attached hydrogens (tertiary/aromatic N) is 1. The first-order chi connectivity index (χ1) is 7.61. The number of ether oxygens (including phenoxy) is 1. The van der Waals surface area contributed by atoms with Crippen molar-refractivity contribution in [3.63, 3.8) is 0 Å². The van der Waals surface area contributed by atoms with Crippen LogP contribution in [0.4, 0.5) is 0 Å². The maximum absolute atomic E-state index is 12.0. The molecule has 0 saturated heterocycles. The van der Waals surface area contributed by atoms with Gasteiger partial charge in [-0.2, -0.15) is 4.31 Å². The Morgan fingerprint density at radius 2 is 2.12 bits per heavy atom. The lowest BCUT2D eigenvalue weighted by Gasteiger charge is -2.21. The van der Waals surface area contributed by atoms with E-state index in [4.69, 9.17) is 10.5 Å². The van der Waals surface area contributed by atoms with Gasteiger partial charge in [0.2, 0.25) is 10.0 Å². The summed E-state index contributed by atoms with van der Waals surface area (Å²) in [5.74, 6) is 0.0852. The summed E-state index contributed by atoms with van der Waals surface area (Å²) >= 11 is 0. The zero-order chi connectivity index (χ0) is 12.0. The van der Waals surface area contributed by atoms with Crippen LogP contribution in [-0.4, -0.2) is 50.8 Å². The normalized spacial score (nSPS) is 16.9. The van der Waals surface area contributed by atoms with Gasteiger partial charge in [0.1, 0.15) is 0 Å². The molecule has 0 aliphatic heterocycles. The average Bonchev–Trinajstić information content (AvgIpc) is 3.02. The van der Waals surface area contributed by atoms with Crippen LogP contribution in [0, 0.1) is 0 Å². The van der Waals surface area contributed by atoms with E-state index >= 15 is 0 Å². The molecular formula is C10H22N2O3S. The van der Waals surface area contributed by atoms with E-state index in [9.17, 15) is 8.42 Å². The average molecular weight is 250 g/mol. The van der Waals surface area contributed by atoms with Gasteiger partial charge >= 0.3 is 0 Å². The third kappa shape index (κ3) is 4.37. The quantitative estimate of drug-likeness (QED) is 0.592. The molecule has 0 radical (unpaired) electrons. The van der Waals surface area contributed by atoms with Crippen LogP contribution in [-0.2, 0) is 14.8 Å². The summed E-state index contributed by atoms with van der Waals surface area (Å²) in [6, 6.07) is 0.221. The van der Waals surface area contributed by atoms with Crippen molar-refractivity contribution in [1.82, 2.24) is 4.31 Å². The van der Waals surface area contributed by atoms with Gasteiger partial charge in [-0.3, -0.25) is 0 Å². The van der Waals surface area contributed by atoms with Crippen molar-refractivity contribution in [2.75, 3.05) is 32.1 Å². The van der Waals surface area contributed by atoms with Gasteiger partial charge in [0.15, 0.2) is 0 Å². The van der Waals surface area contributed by atoms with Crippen LogP contribution in [0.1, 0.15) is 26.2 Å². The van der Waals surface area contributed by atoms with Crippen LogP contribution in [0.25, 0.3) is 0 Å². The van der Waals surface area contributed by atoms with Gasteiger partial charge in [0.05, 0.1) is 12.4 Å². The van der Waals surface area contributed by atoms with Gasteiger partial charge in [0.25, 0.3) is 0 Å². The predicted octanol–water partition coefficient (Wildman–Crippen LogP) is 0.166. The molecule has 1 aliphatic rings. The van der Waals surface area contributed by atoms with Crippen molar-refractivity contribution in [2.45, 2.75) is 32.2 Å². The molecular weight excluding hydrogens is 228 g/mol. The Labute approximate surface area is 98.0 Å². The number of hydrogen-bond donors (Lipinski definition) is 1. The van der Waals surface area contributed by atoms with Crippen LogP contribution < -0.4 is 5.73 Å². The summed E-state index contributed by atoms with van der Waals surface area (Å²) in [7, 11) is -3.15. The Hall–Kier alpha value is -0.170. The van der Waals surface area contributed by atoms with E-state index in [1.165, 1.54) is 0 Å². The fraction of sp³-hybridized carbons (Fsp3) is 1.00. The Balaban J connectivity index is 2.47. The smallest absolute Gasteiger partial charge is 0.216 e. The van der Waals surface area contributed by atoms with Crippen LogP contribution in [0.3, 0.4) is 0 Å². The van der Waals surface area contributed by atoms with Gasteiger partial charge in [-0.25, -0.2) is 8.42 Å². The summed E-state index contributed by atoms with van der Waals surface area (Å²) in [6.07, 6.45) is 2.70. The first kappa shape index (κ1) is 13.9. The van der Waals surface area contributed by atoms with Crippen LogP contribution in [0.2, 0.25) is 0 Å². The molecule has 1 aliphatic carbocycles. The molecule has 0 amide bonds. The fourth-order valence-electron chi connectivity index (χ4n) is 1.58. The molecule has 0 heterocycles. The molecule has 1 rings (SSSR count). The molecule has 16 heavy (non-hydrogen) atoms. The molecule has 0 aromatic carbocycles. The maximum atomic E-state index is 12.0. The number of nitrogens with two attached hydrogens (primary N) is 1. The SMILES string of the molecule is CCOCCS(=O)(=O)N(CCCN)C1CC1. The van der Waals surface area contributed by atoms with E-state index in [2.05, 4.69) is 0 Å². The molecule has 5 nitrogen and oxygen atoms in total. The second-order valence-corrected chi connectivity index (χ2v) is 6.04. The van der Waals surface area contributed by atoms with E-state index in [0.29, 0.717) is 19.7 Å².